The summed E-state index contributed by atoms with van der Waals surface area (Å²) in [6, 6.07) is 0. The van der Waals surface area contributed by atoms with E-state index in [9.17, 15) is 4.79 Å². The van der Waals surface area contributed by atoms with Crippen molar-refractivity contribution in [1.29, 1.82) is 0 Å². The lowest BCUT2D eigenvalue weighted by Crippen LogP contribution is -2.31. The summed E-state index contributed by atoms with van der Waals surface area (Å²) >= 11 is 0. The molecular weight excluding hydrogens is 206 g/mol. The van der Waals surface area contributed by atoms with Crippen molar-refractivity contribution in [3.05, 3.63) is 0 Å². The zero-order valence-corrected chi connectivity index (χ0v) is 10.1. The van der Waals surface area contributed by atoms with Gasteiger partial charge in [-0.1, -0.05) is 13.3 Å². The molecule has 0 saturated carbocycles. The van der Waals surface area contributed by atoms with Crippen LogP contribution in [0.2, 0.25) is 0 Å². The van der Waals surface area contributed by atoms with Gasteiger partial charge in [0.25, 0.3) is 0 Å². The van der Waals surface area contributed by atoms with Crippen LogP contribution in [0, 0.1) is 5.92 Å². The third-order valence-electron chi connectivity index (χ3n) is 3.07. The molecule has 2 unspecified atom stereocenters. The topological polar surface area (TPSA) is 58.6 Å². The number of piperidine rings is 1. The van der Waals surface area contributed by atoms with Gasteiger partial charge in [-0.2, -0.15) is 0 Å². The Hall–Kier alpha value is -0.610. The Morgan fingerprint density at radius 3 is 3.00 bits per heavy atom. The molecule has 0 aromatic heterocycles. The molecule has 0 bridgehead atoms. The van der Waals surface area contributed by atoms with Crippen LogP contribution in [0.15, 0.2) is 0 Å². The van der Waals surface area contributed by atoms with Crippen molar-refractivity contribution in [2.75, 3.05) is 19.7 Å². The highest BCUT2D eigenvalue weighted by Crippen LogP contribution is 2.14. The van der Waals surface area contributed by atoms with Crippen LogP contribution in [0.1, 0.15) is 39.0 Å². The summed E-state index contributed by atoms with van der Waals surface area (Å²) in [6.45, 7) is 4.72. The molecule has 4 heteroatoms. The molecule has 1 heterocycles. The first-order valence-electron chi connectivity index (χ1n) is 6.29. The predicted molar refractivity (Wildman–Crippen MR) is 62.5 cm³/mol. The average molecular weight is 229 g/mol. The van der Waals surface area contributed by atoms with E-state index in [1.165, 1.54) is 12.8 Å². The van der Waals surface area contributed by atoms with Gasteiger partial charge in [-0.25, -0.2) is 4.79 Å². The van der Waals surface area contributed by atoms with E-state index in [2.05, 4.69) is 5.32 Å². The van der Waals surface area contributed by atoms with Gasteiger partial charge in [0, 0.05) is 6.61 Å². The van der Waals surface area contributed by atoms with Crippen molar-refractivity contribution >= 4 is 5.97 Å². The highest BCUT2D eigenvalue weighted by atomic mass is 16.5. The van der Waals surface area contributed by atoms with Gasteiger partial charge >= 0.3 is 5.97 Å². The Bertz CT molecular complexity index is 202. The molecule has 1 saturated heterocycles. The Balaban J connectivity index is 2.13. The maximum Gasteiger partial charge on any atom is 0.332 e. The van der Waals surface area contributed by atoms with Crippen LogP contribution in [0.5, 0.6) is 0 Å². The number of hydrogen-bond acceptors (Lipinski definition) is 3. The van der Waals surface area contributed by atoms with E-state index in [0.29, 0.717) is 18.9 Å². The van der Waals surface area contributed by atoms with Gasteiger partial charge in [0.2, 0.25) is 0 Å². The minimum atomic E-state index is -0.830. The molecule has 1 aliphatic rings. The van der Waals surface area contributed by atoms with Gasteiger partial charge in [-0.05, 0) is 44.7 Å². The zero-order valence-electron chi connectivity index (χ0n) is 10.1. The molecule has 1 aliphatic heterocycles. The molecule has 0 aromatic rings. The van der Waals surface area contributed by atoms with Crippen LogP contribution >= 0.6 is 0 Å². The monoisotopic (exact) mass is 229 g/mol. The van der Waals surface area contributed by atoms with E-state index < -0.39 is 12.1 Å². The van der Waals surface area contributed by atoms with Gasteiger partial charge in [0.05, 0.1) is 0 Å². The van der Waals surface area contributed by atoms with Crippen molar-refractivity contribution in [3.63, 3.8) is 0 Å². The minimum absolute atomic E-state index is 0.573. The smallest absolute Gasteiger partial charge is 0.332 e. The van der Waals surface area contributed by atoms with Gasteiger partial charge in [-0.15, -0.1) is 0 Å². The summed E-state index contributed by atoms with van der Waals surface area (Å²) in [6.07, 6.45) is 4.28. The summed E-state index contributed by atoms with van der Waals surface area (Å²) in [4.78, 5) is 10.8. The minimum Gasteiger partial charge on any atom is -0.479 e. The molecule has 1 rings (SSSR count). The molecule has 0 amide bonds. The van der Waals surface area contributed by atoms with Crippen LogP contribution in [0.3, 0.4) is 0 Å². The van der Waals surface area contributed by atoms with Crippen LogP contribution in [0.4, 0.5) is 0 Å². The fourth-order valence-electron chi connectivity index (χ4n) is 2.09. The second-order valence-corrected chi connectivity index (χ2v) is 4.49. The fraction of sp³-hybridized carbons (Fsp3) is 0.917. The number of carboxylic acid groups (broad SMARTS) is 1. The summed E-state index contributed by atoms with van der Waals surface area (Å²) in [7, 11) is 0. The zero-order chi connectivity index (χ0) is 11.8. The van der Waals surface area contributed by atoms with E-state index >= 15 is 0 Å². The van der Waals surface area contributed by atoms with E-state index in [4.69, 9.17) is 9.84 Å². The third-order valence-corrected chi connectivity index (χ3v) is 3.07. The number of nitrogens with one attached hydrogen (secondary N) is 1. The molecule has 16 heavy (non-hydrogen) atoms. The molecule has 94 valence electrons. The first-order chi connectivity index (χ1) is 7.74. The van der Waals surface area contributed by atoms with Crippen molar-refractivity contribution in [2.45, 2.75) is 45.1 Å². The predicted octanol–water partition coefficient (Wildman–Crippen LogP) is 1.65. The first-order valence-corrected chi connectivity index (χ1v) is 6.29. The lowest BCUT2D eigenvalue weighted by Gasteiger charge is -2.23. The Morgan fingerprint density at radius 1 is 1.62 bits per heavy atom. The quantitative estimate of drug-likeness (QED) is 0.697. The van der Waals surface area contributed by atoms with Gasteiger partial charge in [-0.3, -0.25) is 0 Å². The van der Waals surface area contributed by atoms with Gasteiger partial charge < -0.3 is 15.2 Å². The number of carboxylic acids is 1. The van der Waals surface area contributed by atoms with Gasteiger partial charge in [0.15, 0.2) is 6.10 Å². The normalized spacial score (nSPS) is 22.9. The Morgan fingerprint density at radius 2 is 2.44 bits per heavy atom. The summed E-state index contributed by atoms with van der Waals surface area (Å²) < 4.78 is 5.42. The van der Waals surface area contributed by atoms with Crippen LogP contribution in [-0.4, -0.2) is 36.9 Å². The van der Waals surface area contributed by atoms with Gasteiger partial charge in [0.1, 0.15) is 0 Å². The highest BCUT2D eigenvalue weighted by Gasteiger charge is 2.18. The lowest BCUT2D eigenvalue weighted by molar-refractivity contribution is -0.151. The molecule has 2 N–H and O–H groups in total. The van der Waals surface area contributed by atoms with E-state index in [1.807, 2.05) is 6.92 Å². The van der Waals surface area contributed by atoms with E-state index in [1.54, 1.807) is 0 Å². The maximum absolute atomic E-state index is 10.8. The molecule has 1 fully saturated rings. The summed E-state index contributed by atoms with van der Waals surface area (Å²) in [5.74, 6) is -0.173. The highest BCUT2D eigenvalue weighted by molar-refractivity contribution is 5.72. The largest absolute Gasteiger partial charge is 0.479 e. The van der Waals surface area contributed by atoms with Crippen LogP contribution in [0.25, 0.3) is 0 Å². The van der Waals surface area contributed by atoms with Crippen molar-refractivity contribution in [1.82, 2.24) is 5.32 Å². The second kappa shape index (κ2) is 7.63. The molecule has 0 spiro atoms. The van der Waals surface area contributed by atoms with E-state index in [0.717, 1.165) is 25.9 Å². The SMILES string of the molecule is CCCC(OCCC1CCCNC1)C(=O)O. The molecule has 2 atom stereocenters. The molecule has 0 radical (unpaired) electrons. The maximum atomic E-state index is 10.8. The number of rotatable bonds is 7. The number of ether oxygens (including phenoxy) is 1. The summed E-state index contributed by atoms with van der Waals surface area (Å²) in [5, 5.41) is 12.3. The number of hydrogen-bond donors (Lipinski definition) is 2. The number of carbonyl (C=O) groups is 1. The molecule has 0 aromatic carbocycles. The number of aliphatic carboxylic acids is 1. The molecule has 4 nitrogen and oxygen atoms in total. The Labute approximate surface area is 97.4 Å². The van der Waals surface area contributed by atoms with Crippen molar-refractivity contribution < 1.29 is 14.6 Å². The average Bonchev–Trinajstić information content (AvgIpc) is 2.29. The van der Waals surface area contributed by atoms with Crippen molar-refractivity contribution in [2.24, 2.45) is 5.92 Å². The van der Waals surface area contributed by atoms with Crippen LogP contribution < -0.4 is 5.32 Å². The molecule has 0 aliphatic carbocycles. The fourth-order valence-corrected chi connectivity index (χ4v) is 2.09. The second-order valence-electron chi connectivity index (χ2n) is 4.49. The lowest BCUT2D eigenvalue weighted by atomic mass is 9.97. The van der Waals surface area contributed by atoms with E-state index in [-0.39, 0.29) is 0 Å². The summed E-state index contributed by atoms with van der Waals surface area (Å²) in [5.41, 5.74) is 0. The van der Waals surface area contributed by atoms with Crippen LogP contribution in [-0.2, 0) is 9.53 Å². The Kier molecular flexibility index (Phi) is 6.42. The molecular formula is C12H23NO3. The first kappa shape index (κ1) is 13.5. The van der Waals surface area contributed by atoms with Crippen molar-refractivity contribution in [3.8, 4) is 0 Å². The third kappa shape index (κ3) is 4.94. The standard InChI is InChI=1S/C12H23NO3/c1-2-4-11(12(14)15)16-8-6-10-5-3-7-13-9-10/h10-11,13H,2-9H2,1H3,(H,14,15).